The fourth-order valence-electron chi connectivity index (χ4n) is 0.754. The molecular formula is C6H18O3SSi2. The number of rotatable bonds is 7. The quantitative estimate of drug-likeness (QED) is 0.382. The van der Waals surface area contributed by atoms with Gasteiger partial charge >= 0.3 is 7.95 Å². The molecule has 0 saturated carbocycles. The second-order valence-corrected chi connectivity index (χ2v) is 7.28. The van der Waals surface area contributed by atoms with Crippen LogP contribution in [0.2, 0.25) is 6.04 Å². The van der Waals surface area contributed by atoms with E-state index in [4.69, 9.17) is 13.3 Å². The maximum absolute atomic E-state index is 5.40. The summed E-state index contributed by atoms with van der Waals surface area (Å²) in [5, 5.41) is 0. The third-order valence-corrected chi connectivity index (χ3v) is 5.34. The van der Waals surface area contributed by atoms with Crippen molar-refractivity contribution in [2.75, 3.05) is 20.8 Å². The summed E-state index contributed by atoms with van der Waals surface area (Å²) in [7, 11) is 1.86. The molecule has 0 saturated heterocycles. The van der Waals surface area contributed by atoms with Crippen molar-refractivity contribution in [3.05, 3.63) is 0 Å². The summed E-state index contributed by atoms with van der Waals surface area (Å²) in [5.74, 6) is 0. The third-order valence-electron chi connectivity index (χ3n) is 1.55. The fourth-order valence-corrected chi connectivity index (χ4v) is 2.33. The van der Waals surface area contributed by atoms with Crippen LogP contribution in [-0.2, 0) is 13.3 Å². The summed E-state index contributed by atoms with van der Waals surface area (Å²) in [6.45, 7) is 0.694. The van der Waals surface area contributed by atoms with Gasteiger partial charge in [-0.05, 0) is 6.42 Å². The van der Waals surface area contributed by atoms with E-state index in [-0.39, 0.29) is 0 Å². The molecule has 74 valence electrons. The first kappa shape index (κ1) is 12.7. The van der Waals surface area contributed by atoms with Gasteiger partial charge in [-0.2, -0.15) is 0 Å². The molecule has 0 aliphatic rings. The van der Waals surface area contributed by atoms with Gasteiger partial charge in [-0.15, -0.1) is 12.1 Å². The van der Waals surface area contributed by atoms with Crippen molar-refractivity contribution in [3.63, 3.8) is 0 Å². The number of hydrogen-bond donors (Lipinski definition) is 1. The average molecular weight is 226 g/mol. The molecule has 0 aromatic carbocycles. The predicted octanol–water partition coefficient (Wildman–Crippen LogP) is 0.225. The molecule has 6 heteroatoms. The largest absolute Gasteiger partial charge is 0.569 e. The van der Waals surface area contributed by atoms with E-state index < -0.39 is 7.95 Å². The van der Waals surface area contributed by atoms with Crippen molar-refractivity contribution < 1.29 is 13.3 Å². The summed E-state index contributed by atoms with van der Waals surface area (Å²) in [5.41, 5.74) is 0. The Hall–Kier alpha value is 0.664. The molecule has 0 radical (unpaired) electrons. The molecule has 0 aromatic rings. The van der Waals surface area contributed by atoms with E-state index in [1.807, 2.05) is 0 Å². The third kappa shape index (κ3) is 5.33. The highest BCUT2D eigenvalue weighted by molar-refractivity contribution is 8.11. The molecule has 0 heterocycles. The van der Waals surface area contributed by atoms with E-state index >= 15 is 0 Å². The number of hydrogen-bond acceptors (Lipinski definition) is 4. The van der Waals surface area contributed by atoms with Gasteiger partial charge in [0.15, 0.2) is 0 Å². The summed E-state index contributed by atoms with van der Waals surface area (Å²) in [4.78, 5) is 0. The van der Waals surface area contributed by atoms with Crippen LogP contribution in [0.4, 0.5) is 0 Å². The summed E-state index contributed by atoms with van der Waals surface area (Å²) >= 11 is 4.20. The molecule has 0 aliphatic heterocycles. The first-order valence-corrected chi connectivity index (χ1v) is 8.58. The van der Waals surface area contributed by atoms with Crippen molar-refractivity contribution in [2.24, 2.45) is 0 Å². The van der Waals surface area contributed by atoms with Crippen molar-refractivity contribution in [1.82, 2.24) is 0 Å². The lowest BCUT2D eigenvalue weighted by Crippen LogP contribution is -2.38. The van der Waals surface area contributed by atoms with Gasteiger partial charge in [0.2, 0.25) is 0 Å². The molecular weight excluding hydrogens is 208 g/mol. The highest BCUT2D eigenvalue weighted by Crippen LogP contribution is 2.12. The lowest BCUT2D eigenvalue weighted by molar-refractivity contribution is 0.124. The predicted molar refractivity (Wildman–Crippen MR) is 58.7 cm³/mol. The Kier molecular flexibility index (Phi) is 7.50. The smallest absolute Gasteiger partial charge is 0.369 e. The summed E-state index contributed by atoms with van der Waals surface area (Å²) in [6.07, 6.45) is 2.31. The molecule has 0 fully saturated rings. The number of thiol groups is 1. The molecule has 0 atom stereocenters. The van der Waals surface area contributed by atoms with Gasteiger partial charge < -0.3 is 13.3 Å². The topological polar surface area (TPSA) is 27.7 Å². The minimum Gasteiger partial charge on any atom is -0.369 e. The second kappa shape index (κ2) is 7.10. The van der Waals surface area contributed by atoms with E-state index in [9.17, 15) is 0 Å². The monoisotopic (exact) mass is 226 g/mol. The van der Waals surface area contributed by atoms with Crippen molar-refractivity contribution >= 4 is 30.3 Å². The van der Waals surface area contributed by atoms with Crippen LogP contribution in [-0.4, -0.2) is 39.0 Å². The Labute approximate surface area is 83.6 Å². The van der Waals surface area contributed by atoms with Gasteiger partial charge in [0.1, 0.15) is 0 Å². The first-order valence-electron chi connectivity index (χ1n) is 4.15. The molecule has 12 heavy (non-hydrogen) atoms. The molecule has 3 nitrogen and oxygen atoms in total. The van der Waals surface area contributed by atoms with E-state index in [1.54, 1.807) is 14.2 Å². The SMILES string of the molecule is CO[Si](S)(OC)OCCCC[SiH3]. The standard InChI is InChI=1S/C6H18O3SSi2/c1-7-12(10,8-2)9-5-3-4-6-11/h10H,3-6H2,1-2,11H3. The van der Waals surface area contributed by atoms with Crippen molar-refractivity contribution in [2.45, 2.75) is 18.9 Å². The zero-order valence-electron chi connectivity index (χ0n) is 8.00. The Morgan fingerprint density at radius 3 is 2.25 bits per heavy atom. The molecule has 0 bridgehead atoms. The summed E-state index contributed by atoms with van der Waals surface area (Å²) < 4.78 is 15.5. The zero-order chi connectivity index (χ0) is 9.45. The average Bonchev–Trinajstić information content (AvgIpc) is 2.12. The zero-order valence-corrected chi connectivity index (χ0v) is 11.9. The Morgan fingerprint density at radius 1 is 1.25 bits per heavy atom. The molecule has 0 rings (SSSR count). The van der Waals surface area contributed by atoms with Crippen molar-refractivity contribution in [1.29, 1.82) is 0 Å². The minimum atomic E-state index is -2.54. The molecule has 0 N–H and O–H groups in total. The van der Waals surface area contributed by atoms with Crippen LogP contribution in [0.1, 0.15) is 12.8 Å². The Balaban J connectivity index is 3.45. The van der Waals surface area contributed by atoms with E-state index in [0.29, 0.717) is 6.61 Å². The lowest BCUT2D eigenvalue weighted by atomic mass is 10.4. The van der Waals surface area contributed by atoms with Gasteiger partial charge in [-0.3, -0.25) is 0 Å². The van der Waals surface area contributed by atoms with Crippen LogP contribution < -0.4 is 0 Å². The Bertz CT molecular complexity index is 111. The van der Waals surface area contributed by atoms with Crippen LogP contribution in [0.3, 0.4) is 0 Å². The van der Waals surface area contributed by atoms with Gasteiger partial charge in [0.05, 0.1) is 0 Å². The van der Waals surface area contributed by atoms with Crippen molar-refractivity contribution in [3.8, 4) is 0 Å². The van der Waals surface area contributed by atoms with Gasteiger partial charge in [0.25, 0.3) is 0 Å². The van der Waals surface area contributed by atoms with Crippen LogP contribution in [0, 0.1) is 0 Å². The molecule has 0 spiro atoms. The van der Waals surface area contributed by atoms with Crippen LogP contribution in [0.15, 0.2) is 0 Å². The molecule has 0 aromatic heterocycles. The van der Waals surface area contributed by atoms with Crippen LogP contribution in [0.5, 0.6) is 0 Å². The highest BCUT2D eigenvalue weighted by Gasteiger charge is 2.34. The van der Waals surface area contributed by atoms with E-state index in [2.05, 4.69) is 12.1 Å². The second-order valence-electron chi connectivity index (χ2n) is 2.49. The molecule has 0 amide bonds. The molecule has 0 unspecified atom stereocenters. The fraction of sp³-hybridized carbons (Fsp3) is 1.00. The Morgan fingerprint density at radius 2 is 1.83 bits per heavy atom. The maximum atomic E-state index is 5.40. The highest BCUT2D eigenvalue weighted by atomic mass is 32.3. The normalized spacial score (nSPS) is 12.2. The van der Waals surface area contributed by atoms with Gasteiger partial charge in [0, 0.05) is 31.1 Å². The van der Waals surface area contributed by atoms with Crippen LogP contribution in [0.25, 0.3) is 0 Å². The maximum Gasteiger partial charge on any atom is 0.569 e. The van der Waals surface area contributed by atoms with E-state index in [1.165, 1.54) is 22.7 Å². The minimum absolute atomic E-state index is 0.694. The number of unbranched alkanes of at least 4 members (excludes halogenated alkanes) is 1. The van der Waals surface area contributed by atoms with Crippen LogP contribution >= 0.6 is 12.1 Å². The van der Waals surface area contributed by atoms with Gasteiger partial charge in [-0.25, -0.2) is 0 Å². The summed E-state index contributed by atoms with van der Waals surface area (Å²) in [6, 6.07) is 1.32. The molecule has 0 aliphatic carbocycles. The lowest BCUT2D eigenvalue weighted by Gasteiger charge is -2.20. The van der Waals surface area contributed by atoms with E-state index in [0.717, 1.165) is 6.42 Å². The van der Waals surface area contributed by atoms with Gasteiger partial charge in [-0.1, -0.05) is 12.5 Å². The first-order chi connectivity index (χ1) is 5.68.